The van der Waals surface area contributed by atoms with Crippen LogP contribution in [0.3, 0.4) is 0 Å². The summed E-state index contributed by atoms with van der Waals surface area (Å²) < 4.78 is 78.7. The molecule has 1 heterocycles. The summed E-state index contributed by atoms with van der Waals surface area (Å²) in [5.74, 6) is -0.701. The van der Waals surface area contributed by atoms with Crippen LogP contribution in [0.25, 0.3) is 0 Å². The second-order valence-corrected chi connectivity index (χ2v) is 10.4. The number of nitrogens with one attached hydrogen (secondary N) is 2. The predicted octanol–water partition coefficient (Wildman–Crippen LogP) is 4.55. The van der Waals surface area contributed by atoms with Crippen molar-refractivity contribution in [2.24, 2.45) is 0 Å². The van der Waals surface area contributed by atoms with E-state index in [0.29, 0.717) is 16.8 Å². The zero-order valence-electron chi connectivity index (χ0n) is 18.0. The lowest BCUT2D eigenvalue weighted by molar-refractivity contribution is -0.147. The van der Waals surface area contributed by atoms with Crippen molar-refractivity contribution in [2.75, 3.05) is 25.0 Å². The molecule has 0 aromatic heterocycles. The van der Waals surface area contributed by atoms with Gasteiger partial charge in [0.25, 0.3) is 0 Å². The lowest BCUT2D eigenvalue weighted by Gasteiger charge is -2.32. The topological polar surface area (TPSA) is 78.5 Å². The molecule has 1 aliphatic heterocycles. The first-order valence-electron chi connectivity index (χ1n) is 10.1. The van der Waals surface area contributed by atoms with Gasteiger partial charge in [-0.25, -0.2) is 22.3 Å². The van der Waals surface area contributed by atoms with Gasteiger partial charge in [0.2, 0.25) is 10.0 Å². The Bertz CT molecular complexity index is 864. The fraction of sp³-hybridized carbons (Fsp3) is 0.650. The molecule has 2 rings (SSSR count). The van der Waals surface area contributed by atoms with E-state index in [-0.39, 0.29) is 37.8 Å². The van der Waals surface area contributed by atoms with E-state index in [2.05, 4.69) is 5.32 Å². The van der Waals surface area contributed by atoms with Gasteiger partial charge < -0.3 is 5.32 Å². The van der Waals surface area contributed by atoms with Crippen molar-refractivity contribution in [3.63, 3.8) is 0 Å². The number of likely N-dealkylation sites (tertiary alicyclic amines) is 1. The summed E-state index contributed by atoms with van der Waals surface area (Å²) in [7, 11) is -4.09. The predicted molar refractivity (Wildman–Crippen MR) is 111 cm³/mol. The van der Waals surface area contributed by atoms with Crippen molar-refractivity contribution in [3.05, 3.63) is 29.1 Å². The highest BCUT2D eigenvalue weighted by molar-refractivity contribution is 7.90. The molecule has 0 bridgehead atoms. The zero-order valence-corrected chi connectivity index (χ0v) is 18.8. The summed E-state index contributed by atoms with van der Waals surface area (Å²) in [4.78, 5) is 13.7. The summed E-state index contributed by atoms with van der Waals surface area (Å²) in [6.07, 6.45) is -4.37. The summed E-state index contributed by atoms with van der Waals surface area (Å²) in [6.45, 7) is 6.16. The number of rotatable bonds is 6. The summed E-state index contributed by atoms with van der Waals surface area (Å²) in [5.41, 5.74) is 1.44. The van der Waals surface area contributed by atoms with Gasteiger partial charge in [0.05, 0.1) is 11.8 Å². The average Bonchev–Trinajstić information content (AvgIpc) is 2.61. The number of benzene rings is 1. The fourth-order valence-corrected chi connectivity index (χ4v) is 5.00. The van der Waals surface area contributed by atoms with Gasteiger partial charge >= 0.3 is 12.2 Å². The number of carbonyl (C=O) groups excluding carboxylic acids is 1. The molecule has 31 heavy (non-hydrogen) atoms. The third-order valence-electron chi connectivity index (χ3n) is 5.26. The minimum atomic E-state index is -4.35. The van der Waals surface area contributed by atoms with Gasteiger partial charge in [-0.05, 0) is 61.0 Å². The molecule has 2 amide bonds. The molecule has 6 nitrogen and oxygen atoms in total. The number of sulfonamides is 1. The fourth-order valence-electron chi connectivity index (χ4n) is 3.69. The molecule has 2 N–H and O–H groups in total. The van der Waals surface area contributed by atoms with Crippen LogP contribution in [0.15, 0.2) is 12.1 Å². The number of halogens is 4. The Labute approximate surface area is 180 Å². The lowest BCUT2D eigenvalue weighted by Crippen LogP contribution is -2.47. The van der Waals surface area contributed by atoms with Crippen LogP contribution >= 0.6 is 0 Å². The highest BCUT2D eigenvalue weighted by Crippen LogP contribution is 2.33. The van der Waals surface area contributed by atoms with Gasteiger partial charge in [-0.15, -0.1) is 0 Å². The summed E-state index contributed by atoms with van der Waals surface area (Å²) >= 11 is 0. The molecule has 0 spiro atoms. The van der Waals surface area contributed by atoms with E-state index in [9.17, 15) is 30.8 Å². The molecule has 11 heteroatoms. The second kappa shape index (κ2) is 9.72. The molecule has 1 fully saturated rings. The van der Waals surface area contributed by atoms with Gasteiger partial charge in [-0.2, -0.15) is 13.2 Å². The van der Waals surface area contributed by atoms with Crippen molar-refractivity contribution in [2.45, 2.75) is 63.8 Å². The van der Waals surface area contributed by atoms with Crippen molar-refractivity contribution in [3.8, 4) is 0 Å². The van der Waals surface area contributed by atoms with Crippen LogP contribution in [-0.4, -0.2) is 50.4 Å². The second-order valence-electron chi connectivity index (χ2n) is 8.46. The largest absolute Gasteiger partial charge is 0.401 e. The number of piperidine rings is 1. The van der Waals surface area contributed by atoms with Crippen molar-refractivity contribution in [1.29, 1.82) is 0 Å². The van der Waals surface area contributed by atoms with Crippen LogP contribution < -0.4 is 10.0 Å². The van der Waals surface area contributed by atoms with Crippen LogP contribution in [0, 0.1) is 5.82 Å². The molecular formula is C20H29F4N3O3S. The molecule has 1 aromatic rings. The molecule has 1 saturated heterocycles. The van der Waals surface area contributed by atoms with Gasteiger partial charge in [0, 0.05) is 5.69 Å². The Kier molecular flexibility index (Phi) is 7.96. The average molecular weight is 468 g/mol. The van der Waals surface area contributed by atoms with Crippen LogP contribution in [0.5, 0.6) is 0 Å². The maximum Gasteiger partial charge on any atom is 0.401 e. The Morgan fingerprint density at radius 1 is 1.10 bits per heavy atom. The number of nitrogens with zero attached hydrogens (tertiary/aromatic N) is 1. The number of anilines is 1. The Hall–Kier alpha value is -1.88. The maximum absolute atomic E-state index is 14.0. The van der Waals surface area contributed by atoms with Crippen LogP contribution in [0.4, 0.5) is 28.0 Å². The van der Waals surface area contributed by atoms with E-state index in [0.717, 1.165) is 4.90 Å². The van der Waals surface area contributed by atoms with Gasteiger partial charge in [0.1, 0.15) is 5.82 Å². The van der Waals surface area contributed by atoms with E-state index < -0.39 is 39.8 Å². The Morgan fingerprint density at radius 2 is 1.58 bits per heavy atom. The maximum atomic E-state index is 14.0. The third-order valence-corrected chi connectivity index (χ3v) is 7.08. The first-order chi connectivity index (χ1) is 14.2. The zero-order chi connectivity index (χ0) is 23.6. The molecule has 0 radical (unpaired) electrons. The minimum Gasteiger partial charge on any atom is -0.307 e. The first-order valence-corrected chi connectivity index (χ1v) is 11.7. The summed E-state index contributed by atoms with van der Waals surface area (Å²) in [5, 5.41) is 1.58. The van der Waals surface area contributed by atoms with Gasteiger partial charge in [0.15, 0.2) is 0 Å². The molecule has 1 aromatic carbocycles. The van der Waals surface area contributed by atoms with E-state index in [4.69, 9.17) is 0 Å². The highest BCUT2D eigenvalue weighted by Gasteiger charge is 2.36. The van der Waals surface area contributed by atoms with E-state index in [1.165, 1.54) is 12.1 Å². The smallest absolute Gasteiger partial charge is 0.307 e. The van der Waals surface area contributed by atoms with Gasteiger partial charge in [-0.3, -0.25) is 4.90 Å². The number of urea groups is 1. The lowest BCUT2D eigenvalue weighted by atomic mass is 9.92. The standard InChI is InChI=1S/C20H29F4N3O3S/c1-12(2)16-9-14(21)10-17(13(3)4)18(16)25-19(28)26-31(29,30)15-5-7-27(8-6-15)11-20(22,23)24/h9-10,12-13,15H,5-8,11H2,1-4H3,(H2,25,26,28). The molecule has 0 saturated carbocycles. The van der Waals surface area contributed by atoms with Gasteiger partial charge in [-0.1, -0.05) is 27.7 Å². The molecular weight excluding hydrogens is 438 g/mol. The van der Waals surface area contributed by atoms with E-state index >= 15 is 0 Å². The molecule has 176 valence electrons. The van der Waals surface area contributed by atoms with E-state index in [1.807, 2.05) is 32.4 Å². The van der Waals surface area contributed by atoms with Crippen molar-refractivity contribution >= 4 is 21.7 Å². The van der Waals surface area contributed by atoms with Crippen LogP contribution in [0.1, 0.15) is 63.5 Å². The van der Waals surface area contributed by atoms with Crippen LogP contribution in [0.2, 0.25) is 0 Å². The monoisotopic (exact) mass is 467 g/mol. The minimum absolute atomic E-state index is 0.0102. The normalized spacial score (nSPS) is 16.7. The Morgan fingerprint density at radius 3 is 2.00 bits per heavy atom. The third kappa shape index (κ3) is 7.06. The quantitative estimate of drug-likeness (QED) is 0.602. The number of amides is 2. The molecule has 1 aliphatic rings. The SMILES string of the molecule is CC(C)c1cc(F)cc(C(C)C)c1NC(=O)NS(=O)(=O)C1CCN(CC(F)(F)F)CC1. The highest BCUT2D eigenvalue weighted by atomic mass is 32.2. The molecule has 0 atom stereocenters. The number of carbonyl (C=O) groups is 1. The molecule has 0 unspecified atom stereocenters. The van der Waals surface area contributed by atoms with Crippen molar-refractivity contribution < 1.29 is 30.8 Å². The van der Waals surface area contributed by atoms with E-state index in [1.54, 1.807) is 0 Å². The number of hydrogen-bond acceptors (Lipinski definition) is 4. The Balaban J connectivity index is 2.11. The summed E-state index contributed by atoms with van der Waals surface area (Å²) in [6, 6.07) is 1.63. The number of hydrogen-bond donors (Lipinski definition) is 2. The number of alkyl halides is 3. The van der Waals surface area contributed by atoms with Crippen LogP contribution in [-0.2, 0) is 10.0 Å². The first kappa shape index (κ1) is 25.4. The molecule has 0 aliphatic carbocycles. The van der Waals surface area contributed by atoms with Crippen molar-refractivity contribution in [1.82, 2.24) is 9.62 Å².